The number of esters is 1. The number of carbonyl (C=O) groups excluding carboxylic acids is 1. The first-order valence-electron chi connectivity index (χ1n) is 7.84. The Bertz CT molecular complexity index is 917. The molecule has 0 bridgehead atoms. The maximum atomic E-state index is 12.4. The van der Waals surface area contributed by atoms with Gasteiger partial charge in [-0.3, -0.25) is 0 Å². The van der Waals surface area contributed by atoms with E-state index in [4.69, 9.17) is 21.3 Å². The first-order valence-corrected chi connectivity index (χ1v) is 8.22. The van der Waals surface area contributed by atoms with Crippen LogP contribution in [0.1, 0.15) is 28.4 Å². The monoisotopic (exact) mass is 339 g/mol. The van der Waals surface area contributed by atoms with Crippen LogP contribution in [0, 0.1) is 13.8 Å². The zero-order chi connectivity index (χ0) is 17.3. The Morgan fingerprint density at radius 1 is 1.12 bits per heavy atom. The second kappa shape index (κ2) is 6.62. The lowest BCUT2D eigenvalue weighted by molar-refractivity contribution is 0.0528. The van der Waals surface area contributed by atoms with Crippen LogP contribution < -0.4 is 0 Å². The molecule has 0 spiro atoms. The molecule has 0 atom stereocenters. The van der Waals surface area contributed by atoms with Crippen molar-refractivity contribution in [3.63, 3.8) is 0 Å². The molecule has 0 saturated carbocycles. The summed E-state index contributed by atoms with van der Waals surface area (Å²) >= 11 is 5.97. The molecule has 3 nitrogen and oxygen atoms in total. The van der Waals surface area contributed by atoms with Crippen LogP contribution in [0.2, 0.25) is 5.02 Å². The Balaban J connectivity index is 2.29. The summed E-state index contributed by atoms with van der Waals surface area (Å²) in [6.45, 7) is 6.15. The van der Waals surface area contributed by atoms with Gasteiger partial charge in [0.05, 0.1) is 23.4 Å². The number of fused-ring (bicyclic) bond motifs is 1. The molecule has 0 N–H and O–H groups in total. The topological polar surface area (TPSA) is 39.2 Å². The van der Waals surface area contributed by atoms with Gasteiger partial charge in [0.1, 0.15) is 0 Å². The van der Waals surface area contributed by atoms with Gasteiger partial charge in [0.15, 0.2) is 0 Å². The summed E-state index contributed by atoms with van der Waals surface area (Å²) in [5.74, 6) is -0.329. The molecule has 0 unspecified atom stereocenters. The third-order valence-corrected chi connectivity index (χ3v) is 4.14. The molecule has 0 aliphatic carbocycles. The first-order chi connectivity index (χ1) is 11.5. The number of aromatic nitrogens is 1. The lowest BCUT2D eigenvalue weighted by Gasteiger charge is -2.12. The van der Waals surface area contributed by atoms with Crippen LogP contribution in [0.5, 0.6) is 0 Å². The second-order valence-electron chi connectivity index (χ2n) is 5.76. The molecular weight excluding hydrogens is 322 g/mol. The van der Waals surface area contributed by atoms with E-state index in [1.807, 2.05) is 44.2 Å². The van der Waals surface area contributed by atoms with E-state index in [-0.39, 0.29) is 5.97 Å². The zero-order valence-electron chi connectivity index (χ0n) is 13.9. The number of ether oxygens (including phenoxy) is 1. The first kappa shape index (κ1) is 16.5. The molecular formula is C20H18ClNO2. The molecule has 0 radical (unpaired) electrons. The number of hydrogen-bond donors (Lipinski definition) is 0. The van der Waals surface area contributed by atoms with E-state index in [0.717, 1.165) is 33.3 Å². The lowest BCUT2D eigenvalue weighted by atomic mass is 10.00. The van der Waals surface area contributed by atoms with Gasteiger partial charge in [-0.05, 0) is 50.6 Å². The van der Waals surface area contributed by atoms with Crippen LogP contribution in [0.15, 0.2) is 42.5 Å². The Kier molecular flexibility index (Phi) is 4.54. The Morgan fingerprint density at radius 3 is 2.50 bits per heavy atom. The number of aryl methyl sites for hydroxylation is 2. The number of carbonyl (C=O) groups is 1. The van der Waals surface area contributed by atoms with E-state index < -0.39 is 0 Å². The maximum absolute atomic E-state index is 12.4. The molecule has 24 heavy (non-hydrogen) atoms. The minimum atomic E-state index is -0.329. The summed E-state index contributed by atoms with van der Waals surface area (Å²) in [5.41, 5.74) is 5.12. The van der Waals surface area contributed by atoms with Crippen molar-refractivity contribution in [2.24, 2.45) is 0 Å². The minimum absolute atomic E-state index is 0.329. The fourth-order valence-corrected chi connectivity index (χ4v) is 2.95. The lowest BCUT2D eigenvalue weighted by Crippen LogP contribution is -2.07. The van der Waals surface area contributed by atoms with Gasteiger partial charge in [-0.25, -0.2) is 9.78 Å². The van der Waals surface area contributed by atoms with Crippen LogP contribution in [-0.4, -0.2) is 17.6 Å². The summed E-state index contributed by atoms with van der Waals surface area (Å²) in [4.78, 5) is 17.2. The summed E-state index contributed by atoms with van der Waals surface area (Å²) in [6, 6.07) is 13.3. The van der Waals surface area contributed by atoms with E-state index in [2.05, 4.69) is 6.07 Å². The van der Waals surface area contributed by atoms with E-state index >= 15 is 0 Å². The summed E-state index contributed by atoms with van der Waals surface area (Å²) < 4.78 is 5.24. The number of pyridine rings is 1. The molecule has 0 aliphatic heterocycles. The van der Waals surface area contributed by atoms with Crippen molar-refractivity contribution in [1.29, 1.82) is 0 Å². The second-order valence-corrected chi connectivity index (χ2v) is 6.20. The average molecular weight is 340 g/mol. The van der Waals surface area contributed by atoms with Gasteiger partial charge < -0.3 is 4.74 Å². The van der Waals surface area contributed by atoms with Gasteiger partial charge in [-0.2, -0.15) is 0 Å². The highest BCUT2D eigenvalue weighted by molar-refractivity contribution is 6.30. The summed E-state index contributed by atoms with van der Waals surface area (Å²) in [6.07, 6.45) is 0. The van der Waals surface area contributed by atoms with E-state index in [1.165, 1.54) is 0 Å². The molecule has 1 aromatic heterocycles. The van der Waals surface area contributed by atoms with Crippen LogP contribution in [0.3, 0.4) is 0 Å². The van der Waals surface area contributed by atoms with Crippen molar-refractivity contribution in [2.45, 2.75) is 20.8 Å². The van der Waals surface area contributed by atoms with E-state index in [9.17, 15) is 4.79 Å². The fourth-order valence-electron chi connectivity index (χ4n) is 2.83. The third kappa shape index (κ3) is 3.13. The Hall–Kier alpha value is -2.39. The molecule has 0 fully saturated rings. The molecule has 4 heteroatoms. The third-order valence-electron chi connectivity index (χ3n) is 3.88. The van der Waals surface area contributed by atoms with Crippen LogP contribution in [-0.2, 0) is 4.74 Å². The van der Waals surface area contributed by atoms with Crippen molar-refractivity contribution in [3.8, 4) is 11.3 Å². The highest BCUT2D eigenvalue weighted by atomic mass is 35.5. The molecule has 1 heterocycles. The van der Waals surface area contributed by atoms with Crippen molar-refractivity contribution in [1.82, 2.24) is 4.98 Å². The van der Waals surface area contributed by atoms with Gasteiger partial charge in [0.25, 0.3) is 0 Å². The highest BCUT2D eigenvalue weighted by Crippen LogP contribution is 2.29. The molecule has 3 rings (SSSR count). The van der Waals surface area contributed by atoms with Gasteiger partial charge >= 0.3 is 5.97 Å². The molecule has 0 aliphatic rings. The Labute approximate surface area is 146 Å². The van der Waals surface area contributed by atoms with Crippen molar-refractivity contribution < 1.29 is 9.53 Å². The number of hydrogen-bond acceptors (Lipinski definition) is 3. The van der Waals surface area contributed by atoms with Gasteiger partial charge in [0, 0.05) is 16.0 Å². The van der Waals surface area contributed by atoms with E-state index in [1.54, 1.807) is 13.0 Å². The predicted molar refractivity (Wildman–Crippen MR) is 97.6 cm³/mol. The predicted octanol–water partition coefficient (Wildman–Crippen LogP) is 5.35. The molecule has 3 aromatic rings. The number of rotatable bonds is 3. The zero-order valence-corrected chi connectivity index (χ0v) is 14.6. The standard InChI is InChI=1S/C20H18ClNO2/c1-4-24-20(23)17-11-18(14-5-7-15(21)8-6-14)22-19-13(3)9-12(2)10-16(17)19/h5-11H,4H2,1-3H3. The molecule has 0 amide bonds. The largest absolute Gasteiger partial charge is 0.462 e. The molecule has 2 aromatic carbocycles. The van der Waals surface area contributed by atoms with Crippen molar-refractivity contribution in [3.05, 3.63) is 64.2 Å². The maximum Gasteiger partial charge on any atom is 0.338 e. The Morgan fingerprint density at radius 2 is 1.83 bits per heavy atom. The highest BCUT2D eigenvalue weighted by Gasteiger charge is 2.16. The quantitative estimate of drug-likeness (QED) is 0.604. The van der Waals surface area contributed by atoms with Crippen LogP contribution >= 0.6 is 11.6 Å². The van der Waals surface area contributed by atoms with Gasteiger partial charge in [0.2, 0.25) is 0 Å². The van der Waals surface area contributed by atoms with Crippen LogP contribution in [0.25, 0.3) is 22.2 Å². The van der Waals surface area contributed by atoms with Crippen LogP contribution in [0.4, 0.5) is 0 Å². The molecule has 0 saturated heterocycles. The SMILES string of the molecule is CCOC(=O)c1cc(-c2ccc(Cl)cc2)nc2c(C)cc(C)cc12. The molecule has 122 valence electrons. The average Bonchev–Trinajstić information content (AvgIpc) is 2.55. The number of nitrogens with zero attached hydrogens (tertiary/aromatic N) is 1. The van der Waals surface area contributed by atoms with E-state index in [0.29, 0.717) is 17.2 Å². The van der Waals surface area contributed by atoms with Crippen molar-refractivity contribution in [2.75, 3.05) is 6.61 Å². The van der Waals surface area contributed by atoms with Gasteiger partial charge in [-0.1, -0.05) is 35.4 Å². The number of halogens is 1. The number of benzene rings is 2. The normalized spacial score (nSPS) is 10.8. The summed E-state index contributed by atoms with van der Waals surface area (Å²) in [5, 5.41) is 1.49. The van der Waals surface area contributed by atoms with Crippen molar-refractivity contribution >= 4 is 28.5 Å². The minimum Gasteiger partial charge on any atom is -0.462 e. The van der Waals surface area contributed by atoms with Gasteiger partial charge in [-0.15, -0.1) is 0 Å². The summed E-state index contributed by atoms with van der Waals surface area (Å²) in [7, 11) is 0. The fraction of sp³-hybridized carbons (Fsp3) is 0.200. The smallest absolute Gasteiger partial charge is 0.338 e.